The van der Waals surface area contributed by atoms with Gasteiger partial charge >= 0.3 is 0 Å². The van der Waals surface area contributed by atoms with Crippen LogP contribution in [0.5, 0.6) is 0 Å². The number of rotatable bonds is 4. The van der Waals surface area contributed by atoms with Crippen LogP contribution < -0.4 is 0 Å². The number of benzene rings is 1. The predicted octanol–water partition coefficient (Wildman–Crippen LogP) is 3.72. The van der Waals surface area contributed by atoms with Gasteiger partial charge in [-0.15, -0.1) is 11.3 Å². The van der Waals surface area contributed by atoms with Crippen LogP contribution in [0.25, 0.3) is 0 Å². The maximum atomic E-state index is 9.94. The summed E-state index contributed by atoms with van der Waals surface area (Å²) in [7, 11) is 0. The van der Waals surface area contributed by atoms with Crippen molar-refractivity contribution >= 4 is 11.3 Å². The Morgan fingerprint density at radius 1 is 1.19 bits per heavy atom. The fourth-order valence-corrected chi connectivity index (χ4v) is 2.43. The Bertz CT molecular complexity index is 417. The Morgan fingerprint density at radius 2 is 1.94 bits per heavy atom. The van der Waals surface area contributed by atoms with Gasteiger partial charge in [-0.05, 0) is 36.8 Å². The molecule has 1 N–H and O–H groups in total. The molecule has 0 fully saturated rings. The first-order valence-corrected chi connectivity index (χ1v) is 6.40. The van der Waals surface area contributed by atoms with E-state index in [4.69, 9.17) is 0 Å². The topological polar surface area (TPSA) is 20.2 Å². The van der Waals surface area contributed by atoms with Gasteiger partial charge in [-0.2, -0.15) is 0 Å². The van der Waals surface area contributed by atoms with Crippen molar-refractivity contribution in [3.8, 4) is 0 Å². The third-order valence-electron chi connectivity index (χ3n) is 2.70. The molecule has 2 rings (SSSR count). The SMILES string of the molecule is Cc1ccc(CCC(O)c2cccs2)cc1. The van der Waals surface area contributed by atoms with E-state index in [9.17, 15) is 5.11 Å². The van der Waals surface area contributed by atoms with Crippen molar-refractivity contribution in [1.82, 2.24) is 0 Å². The molecular weight excluding hydrogens is 216 g/mol. The van der Waals surface area contributed by atoms with Gasteiger partial charge in [0.05, 0.1) is 6.10 Å². The smallest absolute Gasteiger partial charge is 0.0885 e. The fourth-order valence-electron chi connectivity index (χ4n) is 1.68. The minimum atomic E-state index is -0.318. The molecule has 16 heavy (non-hydrogen) atoms. The lowest BCUT2D eigenvalue weighted by Crippen LogP contribution is -1.97. The van der Waals surface area contributed by atoms with Gasteiger partial charge in [0, 0.05) is 4.88 Å². The number of hydrogen-bond donors (Lipinski definition) is 1. The highest BCUT2D eigenvalue weighted by Crippen LogP contribution is 2.23. The molecule has 0 bridgehead atoms. The van der Waals surface area contributed by atoms with Crippen LogP contribution in [0, 0.1) is 6.92 Å². The highest BCUT2D eigenvalue weighted by atomic mass is 32.1. The number of aliphatic hydroxyl groups is 1. The molecule has 1 unspecified atom stereocenters. The summed E-state index contributed by atoms with van der Waals surface area (Å²) in [5.74, 6) is 0. The molecule has 1 atom stereocenters. The standard InChI is InChI=1S/C14H16OS/c1-11-4-6-12(7-5-11)8-9-13(15)14-3-2-10-16-14/h2-7,10,13,15H,8-9H2,1H3. The van der Waals surface area contributed by atoms with Gasteiger partial charge in [0.1, 0.15) is 0 Å². The zero-order valence-corrected chi connectivity index (χ0v) is 10.2. The van der Waals surface area contributed by atoms with Crippen molar-refractivity contribution in [3.63, 3.8) is 0 Å². The fraction of sp³-hybridized carbons (Fsp3) is 0.286. The summed E-state index contributed by atoms with van der Waals surface area (Å²) in [6, 6.07) is 12.5. The molecule has 84 valence electrons. The first-order valence-electron chi connectivity index (χ1n) is 5.53. The highest BCUT2D eigenvalue weighted by Gasteiger charge is 2.08. The second-order valence-corrected chi connectivity index (χ2v) is 5.03. The molecule has 2 heteroatoms. The summed E-state index contributed by atoms with van der Waals surface area (Å²) in [5.41, 5.74) is 2.57. The molecule has 1 heterocycles. The molecule has 0 saturated carbocycles. The van der Waals surface area contributed by atoms with E-state index in [0.29, 0.717) is 0 Å². The van der Waals surface area contributed by atoms with E-state index >= 15 is 0 Å². The summed E-state index contributed by atoms with van der Waals surface area (Å²) in [6.07, 6.45) is 1.41. The highest BCUT2D eigenvalue weighted by molar-refractivity contribution is 7.10. The molecule has 0 amide bonds. The molecule has 0 saturated heterocycles. The number of aliphatic hydroxyl groups excluding tert-OH is 1. The van der Waals surface area contributed by atoms with Crippen LogP contribution in [-0.4, -0.2) is 5.11 Å². The quantitative estimate of drug-likeness (QED) is 0.851. The van der Waals surface area contributed by atoms with Crippen molar-refractivity contribution < 1.29 is 5.11 Å². The third kappa shape index (κ3) is 2.94. The molecule has 1 aromatic carbocycles. The normalized spacial score (nSPS) is 12.6. The molecule has 0 radical (unpaired) electrons. The Hall–Kier alpha value is -1.12. The number of aryl methyl sites for hydroxylation is 2. The Labute approximate surface area is 100 Å². The zero-order chi connectivity index (χ0) is 11.4. The van der Waals surface area contributed by atoms with Crippen LogP contribution in [0.4, 0.5) is 0 Å². The molecule has 0 aliphatic heterocycles. The van der Waals surface area contributed by atoms with Gasteiger partial charge in [-0.3, -0.25) is 0 Å². The summed E-state index contributed by atoms with van der Waals surface area (Å²) < 4.78 is 0. The molecule has 0 spiro atoms. The average molecular weight is 232 g/mol. The van der Waals surface area contributed by atoms with Crippen LogP contribution in [0.15, 0.2) is 41.8 Å². The number of thiophene rings is 1. The van der Waals surface area contributed by atoms with Crippen molar-refractivity contribution in [2.45, 2.75) is 25.9 Å². The van der Waals surface area contributed by atoms with Crippen molar-refractivity contribution in [2.75, 3.05) is 0 Å². The Morgan fingerprint density at radius 3 is 2.56 bits per heavy atom. The molecular formula is C14H16OS. The Balaban J connectivity index is 1.90. The van der Waals surface area contributed by atoms with Gasteiger partial charge in [-0.25, -0.2) is 0 Å². The van der Waals surface area contributed by atoms with E-state index in [-0.39, 0.29) is 6.10 Å². The summed E-state index contributed by atoms with van der Waals surface area (Å²) in [4.78, 5) is 1.06. The Kier molecular flexibility index (Phi) is 3.75. The van der Waals surface area contributed by atoms with E-state index in [2.05, 4.69) is 31.2 Å². The lowest BCUT2D eigenvalue weighted by Gasteiger charge is -2.08. The van der Waals surface area contributed by atoms with Crippen molar-refractivity contribution in [1.29, 1.82) is 0 Å². The van der Waals surface area contributed by atoms with Gasteiger partial charge in [-0.1, -0.05) is 35.9 Å². The van der Waals surface area contributed by atoms with E-state index in [1.165, 1.54) is 11.1 Å². The molecule has 1 nitrogen and oxygen atoms in total. The summed E-state index contributed by atoms with van der Waals surface area (Å²) >= 11 is 1.62. The van der Waals surface area contributed by atoms with Crippen LogP contribution in [-0.2, 0) is 6.42 Å². The predicted molar refractivity (Wildman–Crippen MR) is 68.8 cm³/mol. The average Bonchev–Trinajstić information content (AvgIpc) is 2.81. The second-order valence-electron chi connectivity index (χ2n) is 4.06. The largest absolute Gasteiger partial charge is 0.388 e. The van der Waals surface area contributed by atoms with Crippen LogP contribution >= 0.6 is 11.3 Å². The maximum Gasteiger partial charge on any atom is 0.0885 e. The third-order valence-corrected chi connectivity index (χ3v) is 3.67. The minimum Gasteiger partial charge on any atom is -0.388 e. The second kappa shape index (κ2) is 5.28. The molecule has 1 aromatic heterocycles. The van der Waals surface area contributed by atoms with Crippen LogP contribution in [0.3, 0.4) is 0 Å². The van der Waals surface area contributed by atoms with Crippen molar-refractivity contribution in [2.24, 2.45) is 0 Å². The first-order chi connectivity index (χ1) is 7.75. The van der Waals surface area contributed by atoms with Gasteiger partial charge in [0.25, 0.3) is 0 Å². The van der Waals surface area contributed by atoms with Crippen LogP contribution in [0.1, 0.15) is 28.5 Å². The van der Waals surface area contributed by atoms with Crippen LogP contribution in [0.2, 0.25) is 0 Å². The van der Waals surface area contributed by atoms with Gasteiger partial charge in [0.15, 0.2) is 0 Å². The lowest BCUT2D eigenvalue weighted by molar-refractivity contribution is 0.171. The summed E-state index contributed by atoms with van der Waals surface area (Å²) in [6.45, 7) is 2.09. The van der Waals surface area contributed by atoms with E-state index < -0.39 is 0 Å². The minimum absolute atomic E-state index is 0.318. The van der Waals surface area contributed by atoms with E-state index in [1.807, 2.05) is 17.5 Å². The van der Waals surface area contributed by atoms with E-state index in [0.717, 1.165) is 17.7 Å². The van der Waals surface area contributed by atoms with Gasteiger partial charge in [0.2, 0.25) is 0 Å². The van der Waals surface area contributed by atoms with Crippen molar-refractivity contribution in [3.05, 3.63) is 57.8 Å². The maximum absolute atomic E-state index is 9.94. The van der Waals surface area contributed by atoms with E-state index in [1.54, 1.807) is 11.3 Å². The zero-order valence-electron chi connectivity index (χ0n) is 9.39. The first kappa shape index (κ1) is 11.4. The van der Waals surface area contributed by atoms with Gasteiger partial charge < -0.3 is 5.11 Å². The molecule has 0 aliphatic rings. The summed E-state index contributed by atoms with van der Waals surface area (Å²) in [5, 5.41) is 11.9. The molecule has 0 aliphatic carbocycles. The lowest BCUT2D eigenvalue weighted by atomic mass is 10.0. The monoisotopic (exact) mass is 232 g/mol. The molecule has 2 aromatic rings. The number of hydrogen-bond acceptors (Lipinski definition) is 2.